The lowest BCUT2D eigenvalue weighted by atomic mass is 10.0. The third-order valence-corrected chi connectivity index (χ3v) is 10.7. The number of rotatable bonds is 5. The number of nitrogens with zero attached hydrogens (tertiary/aromatic N) is 4. The van der Waals surface area contributed by atoms with Crippen LogP contribution in [0.15, 0.2) is 194 Å². The van der Waals surface area contributed by atoms with Gasteiger partial charge >= 0.3 is 0 Å². The maximum absolute atomic E-state index is 5.26. The van der Waals surface area contributed by atoms with Crippen LogP contribution in [0.25, 0.3) is 99.7 Å². The molecule has 0 unspecified atom stereocenters. The normalized spacial score (nSPS) is 11.7. The van der Waals surface area contributed by atoms with E-state index < -0.39 is 0 Å². The Hall–Kier alpha value is -7.30. The first kappa shape index (κ1) is 30.3. The summed E-state index contributed by atoms with van der Waals surface area (Å²) < 4.78 is 4.76. The average molecular weight is 689 g/mol. The van der Waals surface area contributed by atoms with Crippen LogP contribution in [0, 0.1) is 0 Å². The highest BCUT2D eigenvalue weighted by molar-refractivity contribution is 6.12. The van der Waals surface area contributed by atoms with Crippen molar-refractivity contribution in [3.63, 3.8) is 0 Å². The fraction of sp³-hybridized carbons (Fsp3) is 0. The van der Waals surface area contributed by atoms with Crippen LogP contribution in [0.4, 0.5) is 0 Å². The van der Waals surface area contributed by atoms with E-state index in [-0.39, 0.29) is 0 Å². The minimum Gasteiger partial charge on any atom is -0.309 e. The standard InChI is InChI=1S/C50H32N4/c1-3-14-33(15-4-1)35-26-28-42-44(31-35)51-50(52-49(42)34-16-5-2-6-17-34)36-18-13-19-37(30-36)53-47-25-12-9-22-41(47)43-32-38(27-29-48(43)53)54-45-23-10-7-20-39(45)40-21-8-11-24-46(40)54/h1-32H. The first-order valence-corrected chi connectivity index (χ1v) is 18.3. The van der Waals surface area contributed by atoms with Gasteiger partial charge in [-0.2, -0.15) is 0 Å². The molecule has 4 heteroatoms. The number of aromatic nitrogens is 4. The minimum atomic E-state index is 0.697. The maximum atomic E-state index is 5.26. The lowest BCUT2D eigenvalue weighted by molar-refractivity contribution is 1.16. The van der Waals surface area contributed by atoms with Crippen molar-refractivity contribution < 1.29 is 0 Å². The van der Waals surface area contributed by atoms with Gasteiger partial charge in [-0.1, -0.05) is 133 Å². The second-order valence-corrected chi connectivity index (χ2v) is 13.8. The van der Waals surface area contributed by atoms with Crippen LogP contribution in [0.3, 0.4) is 0 Å². The van der Waals surface area contributed by atoms with Gasteiger partial charge < -0.3 is 9.13 Å². The van der Waals surface area contributed by atoms with Crippen LogP contribution in [0.2, 0.25) is 0 Å². The molecule has 0 aliphatic carbocycles. The zero-order valence-electron chi connectivity index (χ0n) is 29.3. The highest BCUT2D eigenvalue weighted by atomic mass is 15.0. The molecule has 3 aromatic heterocycles. The molecule has 0 aliphatic rings. The van der Waals surface area contributed by atoms with E-state index in [9.17, 15) is 0 Å². The first-order valence-electron chi connectivity index (χ1n) is 18.3. The van der Waals surface area contributed by atoms with E-state index >= 15 is 0 Å². The molecular weight excluding hydrogens is 657 g/mol. The molecule has 0 aliphatic heterocycles. The molecule has 0 N–H and O–H groups in total. The maximum Gasteiger partial charge on any atom is 0.160 e. The van der Waals surface area contributed by atoms with Crippen molar-refractivity contribution in [2.24, 2.45) is 0 Å². The lowest BCUT2D eigenvalue weighted by Crippen LogP contribution is -1.98. The van der Waals surface area contributed by atoms with Crippen molar-refractivity contribution in [1.82, 2.24) is 19.1 Å². The number of para-hydroxylation sites is 3. The molecule has 0 fully saturated rings. The predicted molar refractivity (Wildman–Crippen MR) is 225 cm³/mol. The fourth-order valence-corrected chi connectivity index (χ4v) is 8.25. The van der Waals surface area contributed by atoms with Gasteiger partial charge in [-0.15, -0.1) is 0 Å². The minimum absolute atomic E-state index is 0.697. The zero-order valence-corrected chi connectivity index (χ0v) is 29.3. The van der Waals surface area contributed by atoms with Gasteiger partial charge in [0.25, 0.3) is 0 Å². The Labute approximate surface area is 311 Å². The monoisotopic (exact) mass is 688 g/mol. The molecule has 0 radical (unpaired) electrons. The van der Waals surface area contributed by atoms with Crippen LogP contribution in [0.1, 0.15) is 0 Å². The molecule has 4 nitrogen and oxygen atoms in total. The van der Waals surface area contributed by atoms with Crippen molar-refractivity contribution in [2.75, 3.05) is 0 Å². The predicted octanol–water partition coefficient (Wildman–Crippen LogP) is 12.8. The van der Waals surface area contributed by atoms with Crippen molar-refractivity contribution in [3.05, 3.63) is 194 Å². The molecular formula is C50H32N4. The van der Waals surface area contributed by atoms with Gasteiger partial charge in [0.1, 0.15) is 0 Å². The van der Waals surface area contributed by atoms with E-state index in [4.69, 9.17) is 9.97 Å². The Morgan fingerprint density at radius 3 is 1.50 bits per heavy atom. The summed E-state index contributed by atoms with van der Waals surface area (Å²) in [5, 5.41) is 5.96. The third-order valence-electron chi connectivity index (χ3n) is 10.7. The summed E-state index contributed by atoms with van der Waals surface area (Å²) in [4.78, 5) is 10.5. The Morgan fingerprint density at radius 1 is 0.296 bits per heavy atom. The number of hydrogen-bond acceptors (Lipinski definition) is 2. The van der Waals surface area contributed by atoms with Crippen molar-refractivity contribution in [2.45, 2.75) is 0 Å². The fourth-order valence-electron chi connectivity index (χ4n) is 8.25. The van der Waals surface area contributed by atoms with Gasteiger partial charge in [0.15, 0.2) is 5.82 Å². The second-order valence-electron chi connectivity index (χ2n) is 13.8. The van der Waals surface area contributed by atoms with E-state index in [1.807, 2.05) is 12.1 Å². The van der Waals surface area contributed by atoms with Crippen LogP contribution >= 0.6 is 0 Å². The van der Waals surface area contributed by atoms with Gasteiger partial charge in [0.2, 0.25) is 0 Å². The van der Waals surface area contributed by atoms with Crippen LogP contribution in [0.5, 0.6) is 0 Å². The number of fused-ring (bicyclic) bond motifs is 7. The van der Waals surface area contributed by atoms with Crippen molar-refractivity contribution >= 4 is 54.5 Å². The highest BCUT2D eigenvalue weighted by Gasteiger charge is 2.18. The summed E-state index contributed by atoms with van der Waals surface area (Å²) >= 11 is 0. The molecule has 0 amide bonds. The quantitative estimate of drug-likeness (QED) is 0.180. The van der Waals surface area contributed by atoms with Gasteiger partial charge in [0, 0.05) is 49.4 Å². The van der Waals surface area contributed by atoms with E-state index in [0.717, 1.165) is 61.3 Å². The second kappa shape index (κ2) is 12.1. The zero-order chi connectivity index (χ0) is 35.6. The highest BCUT2D eigenvalue weighted by Crippen LogP contribution is 2.38. The molecule has 0 bridgehead atoms. The first-order chi connectivity index (χ1) is 26.8. The van der Waals surface area contributed by atoms with E-state index in [2.05, 4.69) is 191 Å². The van der Waals surface area contributed by atoms with Crippen LogP contribution in [-0.4, -0.2) is 19.1 Å². The van der Waals surface area contributed by atoms with Gasteiger partial charge in [-0.05, 0) is 71.8 Å². The third kappa shape index (κ3) is 4.78. The smallest absolute Gasteiger partial charge is 0.160 e. The van der Waals surface area contributed by atoms with E-state index in [0.29, 0.717) is 5.82 Å². The molecule has 252 valence electrons. The summed E-state index contributed by atoms with van der Waals surface area (Å²) in [7, 11) is 0. The molecule has 0 spiro atoms. The number of benzene rings is 8. The summed E-state index contributed by atoms with van der Waals surface area (Å²) in [6.45, 7) is 0. The largest absolute Gasteiger partial charge is 0.309 e. The Bertz CT molecular complexity index is 3160. The SMILES string of the molecule is c1ccc(-c2ccc3c(-c4ccccc4)nc(-c4cccc(-n5c6ccccc6c6cc(-n7c8ccccc8c8ccccc87)ccc65)c4)nc3c2)cc1. The van der Waals surface area contributed by atoms with E-state index in [1.54, 1.807) is 0 Å². The topological polar surface area (TPSA) is 35.6 Å². The molecule has 11 aromatic rings. The average Bonchev–Trinajstić information content (AvgIpc) is 3.76. The molecule has 0 atom stereocenters. The molecule has 0 saturated heterocycles. The molecule has 3 heterocycles. The van der Waals surface area contributed by atoms with Gasteiger partial charge in [0.05, 0.1) is 33.3 Å². The summed E-state index contributed by atoms with van der Waals surface area (Å²) in [5.74, 6) is 0.697. The van der Waals surface area contributed by atoms with Gasteiger partial charge in [-0.25, -0.2) is 9.97 Å². The van der Waals surface area contributed by atoms with Gasteiger partial charge in [-0.3, -0.25) is 0 Å². The van der Waals surface area contributed by atoms with Crippen LogP contribution in [-0.2, 0) is 0 Å². The van der Waals surface area contributed by atoms with Crippen LogP contribution < -0.4 is 0 Å². The lowest BCUT2D eigenvalue weighted by Gasteiger charge is -2.13. The summed E-state index contributed by atoms with van der Waals surface area (Å²) in [5.41, 5.74) is 13.1. The Kier molecular flexibility index (Phi) is 6.82. The van der Waals surface area contributed by atoms with E-state index in [1.165, 1.54) is 32.6 Å². The number of hydrogen-bond donors (Lipinski definition) is 0. The molecule has 54 heavy (non-hydrogen) atoms. The summed E-state index contributed by atoms with van der Waals surface area (Å²) in [6, 6.07) is 69.0. The van der Waals surface area contributed by atoms with Crippen molar-refractivity contribution in [1.29, 1.82) is 0 Å². The molecule has 0 saturated carbocycles. The Balaban J connectivity index is 1.10. The molecule has 11 rings (SSSR count). The Morgan fingerprint density at radius 2 is 0.833 bits per heavy atom. The summed E-state index contributed by atoms with van der Waals surface area (Å²) in [6.07, 6.45) is 0. The molecule has 8 aromatic carbocycles. The van der Waals surface area contributed by atoms with Crippen molar-refractivity contribution in [3.8, 4) is 45.1 Å².